The Morgan fingerprint density at radius 2 is 2.09 bits per heavy atom. The maximum absolute atomic E-state index is 12.3. The number of amides is 2. The van der Waals surface area contributed by atoms with E-state index in [1.165, 1.54) is 6.07 Å². The summed E-state index contributed by atoms with van der Waals surface area (Å²) < 4.78 is 0. The van der Waals surface area contributed by atoms with E-state index in [0.717, 1.165) is 19.3 Å². The van der Waals surface area contributed by atoms with Crippen molar-refractivity contribution < 1.29 is 14.7 Å². The molecule has 1 heterocycles. The largest absolute Gasteiger partial charge is 0.396 e. The van der Waals surface area contributed by atoms with Gasteiger partial charge in [-0.05, 0) is 43.9 Å². The number of nitrogens with one attached hydrogen (secondary N) is 1. The molecule has 1 aromatic carbocycles. The number of hydrogen-bond donors (Lipinski definition) is 2. The van der Waals surface area contributed by atoms with E-state index < -0.39 is 11.8 Å². The van der Waals surface area contributed by atoms with Gasteiger partial charge in [-0.2, -0.15) is 0 Å². The van der Waals surface area contributed by atoms with Crippen molar-refractivity contribution in [2.45, 2.75) is 31.7 Å². The second-order valence-corrected chi connectivity index (χ2v) is 6.08. The predicted molar refractivity (Wildman–Crippen MR) is 86.1 cm³/mol. The molecule has 0 aromatic heterocycles. The third kappa shape index (κ3) is 4.12. The van der Waals surface area contributed by atoms with Gasteiger partial charge in [0.1, 0.15) is 0 Å². The number of halogens is 2. The molecule has 2 rings (SSSR count). The van der Waals surface area contributed by atoms with Gasteiger partial charge in [0.2, 0.25) is 0 Å². The summed E-state index contributed by atoms with van der Waals surface area (Å²) in [6.07, 6.45) is 3.16. The molecule has 2 N–H and O–H groups in total. The second kappa shape index (κ2) is 7.81. The molecule has 0 spiro atoms. The lowest BCUT2D eigenvalue weighted by Gasteiger charge is -2.35. The summed E-state index contributed by atoms with van der Waals surface area (Å²) in [6.45, 7) is 0.532. The number of aliphatic hydroxyl groups is 1. The molecule has 2 amide bonds. The van der Waals surface area contributed by atoms with Gasteiger partial charge in [0.15, 0.2) is 0 Å². The Morgan fingerprint density at radius 1 is 1.32 bits per heavy atom. The molecule has 1 aliphatic heterocycles. The Balaban J connectivity index is 2.06. The van der Waals surface area contributed by atoms with Crippen LogP contribution in [0.25, 0.3) is 0 Å². The van der Waals surface area contributed by atoms with Crippen LogP contribution in [0.5, 0.6) is 0 Å². The van der Waals surface area contributed by atoms with Gasteiger partial charge in [0.05, 0.1) is 10.7 Å². The minimum Gasteiger partial charge on any atom is -0.396 e. The minimum atomic E-state index is -0.728. The maximum Gasteiger partial charge on any atom is 0.313 e. The Hall–Kier alpha value is -1.30. The molecule has 7 heteroatoms. The van der Waals surface area contributed by atoms with Crippen molar-refractivity contribution >= 4 is 40.7 Å². The fourth-order valence-electron chi connectivity index (χ4n) is 2.61. The van der Waals surface area contributed by atoms with Gasteiger partial charge in [0.25, 0.3) is 0 Å². The van der Waals surface area contributed by atoms with Gasteiger partial charge in [-0.1, -0.05) is 23.2 Å². The smallest absolute Gasteiger partial charge is 0.313 e. The molecule has 1 fully saturated rings. The minimum absolute atomic E-state index is 0.000914. The number of anilines is 1. The van der Waals surface area contributed by atoms with Gasteiger partial charge in [-0.15, -0.1) is 0 Å². The first-order valence-electron chi connectivity index (χ1n) is 7.21. The van der Waals surface area contributed by atoms with E-state index in [4.69, 9.17) is 28.3 Å². The fourth-order valence-corrected chi connectivity index (χ4v) is 3.07. The number of likely N-dealkylation sites (tertiary alicyclic amines) is 1. The normalized spacial score (nSPS) is 18.1. The lowest BCUT2D eigenvalue weighted by molar-refractivity contribution is -0.146. The Bertz CT molecular complexity index is 564. The van der Waals surface area contributed by atoms with E-state index in [0.29, 0.717) is 23.7 Å². The number of rotatable bonds is 3. The average Bonchev–Trinajstić information content (AvgIpc) is 2.50. The Morgan fingerprint density at radius 3 is 2.77 bits per heavy atom. The van der Waals surface area contributed by atoms with Gasteiger partial charge >= 0.3 is 11.8 Å². The highest BCUT2D eigenvalue weighted by molar-refractivity contribution is 6.42. The van der Waals surface area contributed by atoms with Gasteiger partial charge in [-0.25, -0.2) is 0 Å². The lowest BCUT2D eigenvalue weighted by atomic mass is 9.99. The van der Waals surface area contributed by atoms with Crippen LogP contribution in [0.1, 0.15) is 25.7 Å². The van der Waals surface area contributed by atoms with E-state index in [9.17, 15) is 9.59 Å². The molecule has 1 aliphatic rings. The van der Waals surface area contributed by atoms with Crippen molar-refractivity contribution in [3.05, 3.63) is 28.2 Å². The molecule has 1 saturated heterocycles. The first-order valence-corrected chi connectivity index (χ1v) is 7.96. The van der Waals surface area contributed by atoms with Crippen molar-refractivity contribution in [1.82, 2.24) is 4.90 Å². The van der Waals surface area contributed by atoms with E-state index in [-0.39, 0.29) is 17.7 Å². The van der Waals surface area contributed by atoms with E-state index in [2.05, 4.69) is 5.32 Å². The highest BCUT2D eigenvalue weighted by atomic mass is 35.5. The van der Waals surface area contributed by atoms with Gasteiger partial charge in [0, 0.05) is 24.2 Å². The van der Waals surface area contributed by atoms with Crippen LogP contribution in [0.4, 0.5) is 5.69 Å². The zero-order valence-electron chi connectivity index (χ0n) is 12.0. The van der Waals surface area contributed by atoms with Crippen molar-refractivity contribution in [3.63, 3.8) is 0 Å². The van der Waals surface area contributed by atoms with E-state index in [1.54, 1.807) is 17.0 Å². The Labute approximate surface area is 139 Å². The summed E-state index contributed by atoms with van der Waals surface area (Å²) in [6, 6.07) is 4.55. The molecular weight excluding hydrogens is 327 g/mol. The maximum atomic E-state index is 12.3. The Kier molecular flexibility index (Phi) is 6.06. The van der Waals surface area contributed by atoms with Crippen LogP contribution >= 0.6 is 23.2 Å². The fraction of sp³-hybridized carbons (Fsp3) is 0.467. The standard InChI is InChI=1S/C15H18Cl2N2O3/c16-10-4-5-13(12(17)9-10)18-14(21)15(22)19-7-2-1-3-11(19)6-8-20/h4-5,9,11,20H,1-3,6-8H2,(H,18,21). The molecule has 0 aliphatic carbocycles. The first-order chi connectivity index (χ1) is 10.5. The zero-order chi connectivity index (χ0) is 16.1. The SMILES string of the molecule is O=C(Nc1ccc(Cl)cc1Cl)C(=O)N1CCCCC1CCO. The summed E-state index contributed by atoms with van der Waals surface area (Å²) >= 11 is 11.8. The molecule has 1 unspecified atom stereocenters. The highest BCUT2D eigenvalue weighted by Gasteiger charge is 2.30. The van der Waals surface area contributed by atoms with Crippen LogP contribution in [0, 0.1) is 0 Å². The van der Waals surface area contributed by atoms with Crippen LogP contribution in [0.2, 0.25) is 10.0 Å². The third-order valence-electron chi connectivity index (χ3n) is 3.72. The molecular formula is C15H18Cl2N2O3. The summed E-state index contributed by atoms with van der Waals surface area (Å²) in [5.41, 5.74) is 0.347. The predicted octanol–water partition coefficient (Wildman–Crippen LogP) is 2.70. The average molecular weight is 345 g/mol. The summed E-state index contributed by atoms with van der Waals surface area (Å²) in [7, 11) is 0. The lowest BCUT2D eigenvalue weighted by Crippen LogP contribution is -2.48. The quantitative estimate of drug-likeness (QED) is 0.828. The summed E-state index contributed by atoms with van der Waals surface area (Å²) in [5, 5.41) is 12.3. The number of carbonyl (C=O) groups excluding carboxylic acids is 2. The monoisotopic (exact) mass is 344 g/mol. The molecule has 5 nitrogen and oxygen atoms in total. The van der Waals surface area contributed by atoms with E-state index >= 15 is 0 Å². The molecule has 1 atom stereocenters. The number of hydrogen-bond acceptors (Lipinski definition) is 3. The van der Waals surface area contributed by atoms with Crippen LogP contribution in [-0.2, 0) is 9.59 Å². The van der Waals surface area contributed by atoms with Crippen molar-refractivity contribution in [3.8, 4) is 0 Å². The van der Waals surface area contributed by atoms with Crippen LogP contribution in [0.15, 0.2) is 18.2 Å². The number of piperidine rings is 1. The topological polar surface area (TPSA) is 69.6 Å². The molecule has 22 heavy (non-hydrogen) atoms. The van der Waals surface area contributed by atoms with E-state index in [1.807, 2.05) is 0 Å². The zero-order valence-corrected chi connectivity index (χ0v) is 13.5. The highest BCUT2D eigenvalue weighted by Crippen LogP contribution is 2.26. The van der Waals surface area contributed by atoms with Crippen molar-refractivity contribution in [1.29, 1.82) is 0 Å². The van der Waals surface area contributed by atoms with Gasteiger partial charge < -0.3 is 15.3 Å². The molecule has 0 saturated carbocycles. The van der Waals surface area contributed by atoms with Crippen LogP contribution in [0.3, 0.4) is 0 Å². The van der Waals surface area contributed by atoms with Crippen molar-refractivity contribution in [2.75, 3.05) is 18.5 Å². The number of carbonyl (C=O) groups is 2. The van der Waals surface area contributed by atoms with Gasteiger partial charge in [-0.3, -0.25) is 9.59 Å². The third-order valence-corrected chi connectivity index (χ3v) is 4.27. The first kappa shape index (κ1) is 17.1. The molecule has 0 radical (unpaired) electrons. The molecule has 0 bridgehead atoms. The molecule has 120 valence electrons. The molecule has 1 aromatic rings. The van der Waals surface area contributed by atoms with Crippen LogP contribution < -0.4 is 5.32 Å². The second-order valence-electron chi connectivity index (χ2n) is 5.24. The summed E-state index contributed by atoms with van der Waals surface area (Å²) in [5.74, 6) is -1.32. The summed E-state index contributed by atoms with van der Waals surface area (Å²) in [4.78, 5) is 26.0. The van der Waals surface area contributed by atoms with Crippen molar-refractivity contribution in [2.24, 2.45) is 0 Å². The number of nitrogens with zero attached hydrogens (tertiary/aromatic N) is 1. The number of benzene rings is 1. The van der Waals surface area contributed by atoms with Crippen LogP contribution in [-0.4, -0.2) is 41.0 Å². The number of aliphatic hydroxyl groups excluding tert-OH is 1.